The van der Waals surface area contributed by atoms with E-state index in [-0.39, 0.29) is 30.8 Å². The van der Waals surface area contributed by atoms with E-state index in [0.29, 0.717) is 17.9 Å². The number of rotatable bonds is 6. The molecule has 1 atom stereocenters. The Morgan fingerprint density at radius 1 is 1.22 bits per heavy atom. The summed E-state index contributed by atoms with van der Waals surface area (Å²) in [5.41, 5.74) is 7.20. The summed E-state index contributed by atoms with van der Waals surface area (Å²) in [6.07, 6.45) is 0.647. The summed E-state index contributed by atoms with van der Waals surface area (Å²) in [6, 6.07) is 12.5. The second-order valence-electron chi connectivity index (χ2n) is 5.27. The molecular weight excluding hydrogens is 298 g/mol. The van der Waals surface area contributed by atoms with Crippen molar-refractivity contribution in [2.45, 2.75) is 12.5 Å². The second-order valence-corrected chi connectivity index (χ2v) is 5.27. The van der Waals surface area contributed by atoms with Gasteiger partial charge in [-0.1, -0.05) is 30.3 Å². The average Bonchev–Trinajstić information content (AvgIpc) is 3.00. The van der Waals surface area contributed by atoms with Gasteiger partial charge in [-0.3, -0.25) is 0 Å². The van der Waals surface area contributed by atoms with Crippen molar-refractivity contribution in [3.05, 3.63) is 53.6 Å². The Labute approximate surface area is 133 Å². The van der Waals surface area contributed by atoms with Crippen LogP contribution in [0.3, 0.4) is 0 Å². The van der Waals surface area contributed by atoms with Gasteiger partial charge in [0.2, 0.25) is 6.79 Å². The molecule has 3 N–H and O–H groups in total. The fourth-order valence-corrected chi connectivity index (χ4v) is 2.38. The zero-order valence-corrected chi connectivity index (χ0v) is 12.4. The first-order valence-electron chi connectivity index (χ1n) is 7.22. The third kappa shape index (κ3) is 3.54. The number of hydrogen-bond acceptors (Lipinski definition) is 5. The summed E-state index contributed by atoms with van der Waals surface area (Å²) in [7, 11) is 0. The van der Waals surface area contributed by atoms with E-state index in [1.54, 1.807) is 0 Å². The third-order valence-corrected chi connectivity index (χ3v) is 3.50. The summed E-state index contributed by atoms with van der Waals surface area (Å²) in [4.78, 5) is 11.3. The van der Waals surface area contributed by atoms with E-state index in [4.69, 9.17) is 19.9 Å². The lowest BCUT2D eigenvalue weighted by molar-refractivity contribution is 0.0691. The molecule has 0 spiro atoms. The number of carboxylic acids is 1. The van der Waals surface area contributed by atoms with Crippen LogP contribution >= 0.6 is 0 Å². The van der Waals surface area contributed by atoms with Gasteiger partial charge in [-0.25, -0.2) is 4.79 Å². The maximum absolute atomic E-state index is 11.3. The van der Waals surface area contributed by atoms with E-state index >= 15 is 0 Å². The first-order chi connectivity index (χ1) is 11.1. The standard InChI is InChI=1S/C17H17NO5/c18-12(6-11-4-2-1-3-5-11)9-21-14-8-16-15(22-10-23-16)7-13(14)17(19)20/h1-5,7-8,12H,6,9-10,18H2,(H,19,20). The molecule has 0 saturated heterocycles. The monoisotopic (exact) mass is 315 g/mol. The maximum atomic E-state index is 11.3. The Morgan fingerprint density at radius 2 is 1.91 bits per heavy atom. The summed E-state index contributed by atoms with van der Waals surface area (Å²) in [6.45, 7) is 0.278. The van der Waals surface area contributed by atoms with E-state index in [2.05, 4.69) is 0 Å². The van der Waals surface area contributed by atoms with Crippen LogP contribution in [0.5, 0.6) is 17.2 Å². The fraction of sp³-hybridized carbons (Fsp3) is 0.235. The molecule has 0 aliphatic carbocycles. The molecule has 0 radical (unpaired) electrons. The highest BCUT2D eigenvalue weighted by Crippen LogP contribution is 2.38. The topological polar surface area (TPSA) is 91.0 Å². The molecule has 1 aliphatic rings. The van der Waals surface area contributed by atoms with Crippen molar-refractivity contribution in [3.8, 4) is 17.2 Å². The molecule has 1 aliphatic heterocycles. The quantitative estimate of drug-likeness (QED) is 0.848. The minimum Gasteiger partial charge on any atom is -0.491 e. The number of carbonyl (C=O) groups is 1. The van der Waals surface area contributed by atoms with Gasteiger partial charge in [-0.15, -0.1) is 0 Å². The van der Waals surface area contributed by atoms with Gasteiger partial charge in [0.05, 0.1) is 0 Å². The lowest BCUT2D eigenvalue weighted by Gasteiger charge is -2.15. The lowest BCUT2D eigenvalue weighted by atomic mass is 10.1. The number of carboxylic acid groups (broad SMARTS) is 1. The van der Waals surface area contributed by atoms with Crippen molar-refractivity contribution in [2.24, 2.45) is 5.73 Å². The Hall–Kier alpha value is -2.73. The number of aromatic carboxylic acids is 1. The van der Waals surface area contributed by atoms with Crippen molar-refractivity contribution in [1.29, 1.82) is 0 Å². The zero-order valence-electron chi connectivity index (χ0n) is 12.4. The minimum absolute atomic E-state index is 0.0289. The van der Waals surface area contributed by atoms with E-state index in [1.807, 2.05) is 30.3 Å². The van der Waals surface area contributed by atoms with Gasteiger partial charge in [-0.2, -0.15) is 0 Å². The molecule has 3 rings (SSSR count). The van der Waals surface area contributed by atoms with Gasteiger partial charge < -0.3 is 25.1 Å². The molecule has 0 bridgehead atoms. The van der Waals surface area contributed by atoms with E-state index in [0.717, 1.165) is 5.56 Å². The van der Waals surface area contributed by atoms with Crippen molar-refractivity contribution in [2.75, 3.05) is 13.4 Å². The van der Waals surface area contributed by atoms with Crippen LogP contribution in [0.1, 0.15) is 15.9 Å². The highest BCUT2D eigenvalue weighted by atomic mass is 16.7. The summed E-state index contributed by atoms with van der Waals surface area (Å²) in [5.74, 6) is 0.0187. The first-order valence-corrected chi connectivity index (χ1v) is 7.22. The predicted octanol–water partition coefficient (Wildman–Crippen LogP) is 2.06. The summed E-state index contributed by atoms with van der Waals surface area (Å²) >= 11 is 0. The van der Waals surface area contributed by atoms with Crippen LogP contribution in [0.4, 0.5) is 0 Å². The molecule has 6 nitrogen and oxygen atoms in total. The molecular formula is C17H17NO5. The molecule has 23 heavy (non-hydrogen) atoms. The fourth-order valence-electron chi connectivity index (χ4n) is 2.38. The van der Waals surface area contributed by atoms with Gasteiger partial charge in [-0.05, 0) is 12.0 Å². The molecule has 2 aromatic carbocycles. The Bertz CT molecular complexity index is 702. The van der Waals surface area contributed by atoms with Crippen molar-refractivity contribution in [3.63, 3.8) is 0 Å². The van der Waals surface area contributed by atoms with Crippen LogP contribution < -0.4 is 19.9 Å². The molecule has 0 fully saturated rings. The number of benzene rings is 2. The minimum atomic E-state index is -1.09. The molecule has 1 unspecified atom stereocenters. The molecule has 1 heterocycles. The van der Waals surface area contributed by atoms with Crippen LogP contribution in [0.2, 0.25) is 0 Å². The molecule has 2 aromatic rings. The van der Waals surface area contributed by atoms with Crippen LogP contribution in [0.15, 0.2) is 42.5 Å². The second kappa shape index (κ2) is 6.58. The van der Waals surface area contributed by atoms with Crippen LogP contribution in [-0.2, 0) is 6.42 Å². The van der Waals surface area contributed by atoms with Gasteiger partial charge in [0.15, 0.2) is 11.5 Å². The molecule has 6 heteroatoms. The predicted molar refractivity (Wildman–Crippen MR) is 83.1 cm³/mol. The Kier molecular flexibility index (Phi) is 4.34. The molecule has 0 saturated carbocycles. The number of hydrogen-bond donors (Lipinski definition) is 2. The first kappa shape index (κ1) is 15.2. The normalized spacial score (nSPS) is 13.6. The highest BCUT2D eigenvalue weighted by Gasteiger charge is 2.22. The number of ether oxygens (including phenoxy) is 3. The largest absolute Gasteiger partial charge is 0.491 e. The van der Waals surface area contributed by atoms with Gasteiger partial charge >= 0.3 is 5.97 Å². The van der Waals surface area contributed by atoms with Crippen LogP contribution in [-0.4, -0.2) is 30.5 Å². The zero-order chi connectivity index (χ0) is 16.2. The van der Waals surface area contributed by atoms with Gasteiger partial charge in [0, 0.05) is 18.2 Å². The number of fused-ring (bicyclic) bond motifs is 1. The van der Waals surface area contributed by atoms with E-state index in [1.165, 1.54) is 12.1 Å². The Morgan fingerprint density at radius 3 is 2.61 bits per heavy atom. The van der Waals surface area contributed by atoms with E-state index in [9.17, 15) is 9.90 Å². The maximum Gasteiger partial charge on any atom is 0.339 e. The third-order valence-electron chi connectivity index (χ3n) is 3.50. The van der Waals surface area contributed by atoms with Crippen molar-refractivity contribution < 1.29 is 24.1 Å². The van der Waals surface area contributed by atoms with Crippen molar-refractivity contribution in [1.82, 2.24) is 0 Å². The average molecular weight is 315 g/mol. The SMILES string of the molecule is NC(COc1cc2c(cc1C(=O)O)OCO2)Cc1ccccc1. The number of nitrogens with two attached hydrogens (primary N) is 1. The summed E-state index contributed by atoms with van der Waals surface area (Å²) < 4.78 is 16.0. The molecule has 0 amide bonds. The van der Waals surface area contributed by atoms with Gasteiger partial charge in [0.1, 0.15) is 17.9 Å². The summed E-state index contributed by atoms with van der Waals surface area (Å²) in [5, 5.41) is 9.29. The smallest absolute Gasteiger partial charge is 0.339 e. The van der Waals surface area contributed by atoms with Crippen molar-refractivity contribution >= 4 is 5.97 Å². The highest BCUT2D eigenvalue weighted by molar-refractivity contribution is 5.92. The Balaban J connectivity index is 1.69. The van der Waals surface area contributed by atoms with Crippen LogP contribution in [0, 0.1) is 0 Å². The lowest BCUT2D eigenvalue weighted by Crippen LogP contribution is -2.30. The molecule has 120 valence electrons. The molecule has 0 aromatic heterocycles. The van der Waals surface area contributed by atoms with Gasteiger partial charge in [0.25, 0.3) is 0 Å². The van der Waals surface area contributed by atoms with E-state index < -0.39 is 5.97 Å². The van der Waals surface area contributed by atoms with Crippen LogP contribution in [0.25, 0.3) is 0 Å².